The molecule has 4 heteroatoms. The first-order valence-electron chi connectivity index (χ1n) is 4.21. The Bertz CT molecular complexity index is 354. The molecule has 4 nitrogen and oxygen atoms in total. The summed E-state index contributed by atoms with van der Waals surface area (Å²) in [6.45, 7) is 2.87. The molecule has 0 atom stereocenters. The molecule has 0 spiro atoms. The molecule has 1 aromatic rings. The van der Waals surface area contributed by atoms with Crippen molar-refractivity contribution in [3.63, 3.8) is 0 Å². The van der Waals surface area contributed by atoms with E-state index in [1.54, 1.807) is 6.92 Å². The predicted molar refractivity (Wildman–Crippen MR) is 45.8 cm³/mol. The van der Waals surface area contributed by atoms with Crippen molar-refractivity contribution in [2.45, 2.75) is 20.0 Å². The van der Waals surface area contributed by atoms with Gasteiger partial charge in [0.05, 0.1) is 18.8 Å². The van der Waals surface area contributed by atoms with Gasteiger partial charge in [-0.2, -0.15) is 0 Å². The van der Waals surface area contributed by atoms with Crippen LogP contribution in [0.25, 0.3) is 0 Å². The minimum Gasteiger partial charge on any atom is -0.478 e. The summed E-state index contributed by atoms with van der Waals surface area (Å²) in [5.41, 5.74) is 2.94. The molecule has 1 aliphatic heterocycles. The highest BCUT2D eigenvalue weighted by molar-refractivity contribution is 5.91. The summed E-state index contributed by atoms with van der Waals surface area (Å²) in [5.74, 6) is -0.875. The normalized spacial score (nSPS) is 15.5. The third kappa shape index (κ3) is 1.23. The van der Waals surface area contributed by atoms with E-state index in [4.69, 9.17) is 9.84 Å². The highest BCUT2D eigenvalue weighted by Crippen LogP contribution is 2.23. The first-order chi connectivity index (χ1) is 6.20. The molecule has 0 radical (unpaired) electrons. The fraction of sp³-hybridized carbons (Fsp3) is 0.444. The Morgan fingerprint density at radius 3 is 3.08 bits per heavy atom. The van der Waals surface area contributed by atoms with Crippen LogP contribution in [0.3, 0.4) is 0 Å². The van der Waals surface area contributed by atoms with E-state index < -0.39 is 5.97 Å². The van der Waals surface area contributed by atoms with Gasteiger partial charge in [0.2, 0.25) is 0 Å². The van der Waals surface area contributed by atoms with Gasteiger partial charge >= 0.3 is 5.97 Å². The number of carbonyl (C=O) groups is 1. The van der Waals surface area contributed by atoms with Gasteiger partial charge in [0.25, 0.3) is 0 Å². The van der Waals surface area contributed by atoms with Gasteiger partial charge in [0.1, 0.15) is 0 Å². The molecule has 0 unspecified atom stereocenters. The average Bonchev–Trinajstić information content (AvgIpc) is 2.39. The minimum atomic E-state index is -0.875. The monoisotopic (exact) mass is 181 g/mol. The molecule has 13 heavy (non-hydrogen) atoms. The highest BCUT2D eigenvalue weighted by atomic mass is 16.5. The Labute approximate surface area is 75.5 Å². The third-order valence-corrected chi connectivity index (χ3v) is 2.34. The van der Waals surface area contributed by atoms with Gasteiger partial charge in [-0.15, -0.1) is 0 Å². The van der Waals surface area contributed by atoms with Crippen LogP contribution >= 0.6 is 0 Å². The topological polar surface area (TPSA) is 62.3 Å². The van der Waals surface area contributed by atoms with E-state index in [1.165, 1.54) is 0 Å². The molecule has 70 valence electrons. The van der Waals surface area contributed by atoms with Crippen LogP contribution in [-0.4, -0.2) is 22.7 Å². The number of hydrogen-bond donors (Lipinski definition) is 2. The molecular formula is C9H11NO3. The molecule has 2 rings (SSSR count). The van der Waals surface area contributed by atoms with Crippen LogP contribution in [0.15, 0.2) is 0 Å². The maximum Gasteiger partial charge on any atom is 0.337 e. The first-order valence-corrected chi connectivity index (χ1v) is 4.21. The van der Waals surface area contributed by atoms with Crippen molar-refractivity contribution in [3.05, 3.63) is 22.5 Å². The van der Waals surface area contributed by atoms with Crippen LogP contribution in [0.5, 0.6) is 0 Å². The number of carboxylic acids is 1. The zero-order valence-electron chi connectivity index (χ0n) is 7.39. The van der Waals surface area contributed by atoms with Crippen molar-refractivity contribution in [2.75, 3.05) is 6.61 Å². The van der Waals surface area contributed by atoms with Gasteiger partial charge in [-0.1, -0.05) is 0 Å². The van der Waals surface area contributed by atoms with Crippen molar-refractivity contribution in [2.24, 2.45) is 0 Å². The molecule has 2 N–H and O–H groups in total. The van der Waals surface area contributed by atoms with Crippen LogP contribution in [0.2, 0.25) is 0 Å². The van der Waals surface area contributed by atoms with E-state index in [0.717, 1.165) is 23.4 Å². The summed E-state index contributed by atoms with van der Waals surface area (Å²) in [5, 5.41) is 8.93. The number of ether oxygens (including phenoxy) is 1. The Balaban J connectivity index is 2.54. The van der Waals surface area contributed by atoms with Gasteiger partial charge in [0, 0.05) is 23.4 Å². The molecule has 1 aliphatic rings. The number of nitrogens with one attached hydrogen (secondary N) is 1. The lowest BCUT2D eigenvalue weighted by Gasteiger charge is -2.12. The Hall–Kier alpha value is -1.29. The number of aromatic carboxylic acids is 1. The van der Waals surface area contributed by atoms with E-state index in [0.29, 0.717) is 18.8 Å². The molecule has 0 saturated heterocycles. The molecule has 0 fully saturated rings. The number of hydrogen-bond acceptors (Lipinski definition) is 2. The van der Waals surface area contributed by atoms with Crippen molar-refractivity contribution in [1.29, 1.82) is 0 Å². The van der Waals surface area contributed by atoms with E-state index in [-0.39, 0.29) is 0 Å². The lowest BCUT2D eigenvalue weighted by molar-refractivity contribution is 0.0683. The second-order valence-electron chi connectivity index (χ2n) is 3.19. The smallest absolute Gasteiger partial charge is 0.337 e. The third-order valence-electron chi connectivity index (χ3n) is 2.34. The van der Waals surface area contributed by atoms with Crippen LogP contribution in [0.1, 0.15) is 27.3 Å². The number of H-pyrrole nitrogens is 1. The van der Waals surface area contributed by atoms with E-state index in [2.05, 4.69) is 4.98 Å². The Morgan fingerprint density at radius 1 is 1.62 bits per heavy atom. The summed E-state index contributed by atoms with van der Waals surface area (Å²) in [4.78, 5) is 14.0. The second kappa shape index (κ2) is 2.88. The number of carboxylic acid groups (broad SMARTS) is 1. The van der Waals surface area contributed by atoms with E-state index >= 15 is 0 Å². The van der Waals surface area contributed by atoms with Gasteiger partial charge < -0.3 is 14.8 Å². The summed E-state index contributed by atoms with van der Waals surface area (Å²) in [6.07, 6.45) is 0.781. The molecule has 2 heterocycles. The quantitative estimate of drug-likeness (QED) is 0.681. The van der Waals surface area contributed by atoms with Gasteiger partial charge in [-0.25, -0.2) is 4.79 Å². The number of aryl methyl sites for hydroxylation is 1. The van der Waals surface area contributed by atoms with Crippen LogP contribution in [0, 0.1) is 6.92 Å². The molecule has 1 aromatic heterocycles. The van der Waals surface area contributed by atoms with E-state index in [9.17, 15) is 4.79 Å². The Morgan fingerprint density at radius 2 is 2.38 bits per heavy atom. The van der Waals surface area contributed by atoms with Gasteiger partial charge in [-0.3, -0.25) is 0 Å². The lowest BCUT2D eigenvalue weighted by Crippen LogP contribution is -2.11. The SMILES string of the molecule is Cc1[nH]c2c(c1C(=O)O)COCC2. The summed E-state index contributed by atoms with van der Waals surface area (Å²) < 4.78 is 5.22. The number of fused-ring (bicyclic) bond motifs is 1. The largest absolute Gasteiger partial charge is 0.478 e. The fourth-order valence-electron chi connectivity index (χ4n) is 1.75. The molecule has 0 aliphatic carbocycles. The van der Waals surface area contributed by atoms with Crippen molar-refractivity contribution >= 4 is 5.97 Å². The molecule has 0 saturated carbocycles. The highest BCUT2D eigenvalue weighted by Gasteiger charge is 2.22. The maximum atomic E-state index is 10.9. The van der Waals surface area contributed by atoms with Crippen LogP contribution in [0.4, 0.5) is 0 Å². The summed E-state index contributed by atoms with van der Waals surface area (Å²) in [7, 11) is 0. The number of aromatic nitrogens is 1. The molecule has 0 aromatic carbocycles. The maximum absolute atomic E-state index is 10.9. The predicted octanol–water partition coefficient (Wildman–Crippen LogP) is 1.09. The van der Waals surface area contributed by atoms with Gasteiger partial charge in [-0.05, 0) is 6.92 Å². The number of rotatable bonds is 1. The standard InChI is InChI=1S/C9H11NO3/c1-5-8(9(11)12)6-4-13-3-2-7(6)10-5/h10H,2-4H2,1H3,(H,11,12). The minimum absolute atomic E-state index is 0.384. The molecular weight excluding hydrogens is 170 g/mol. The average molecular weight is 181 g/mol. The molecule has 0 bridgehead atoms. The van der Waals surface area contributed by atoms with Gasteiger partial charge in [0.15, 0.2) is 0 Å². The summed E-state index contributed by atoms with van der Waals surface area (Å²) >= 11 is 0. The lowest BCUT2D eigenvalue weighted by atomic mass is 10.1. The van der Waals surface area contributed by atoms with Crippen molar-refractivity contribution in [3.8, 4) is 0 Å². The van der Waals surface area contributed by atoms with Crippen LogP contribution in [-0.2, 0) is 17.8 Å². The zero-order chi connectivity index (χ0) is 9.42. The van der Waals surface area contributed by atoms with Crippen molar-refractivity contribution < 1.29 is 14.6 Å². The number of aromatic amines is 1. The van der Waals surface area contributed by atoms with Crippen LogP contribution < -0.4 is 0 Å². The van der Waals surface area contributed by atoms with E-state index in [1.807, 2.05) is 0 Å². The fourth-order valence-corrected chi connectivity index (χ4v) is 1.75. The molecule has 0 amide bonds. The second-order valence-corrected chi connectivity index (χ2v) is 3.19. The van der Waals surface area contributed by atoms with Crippen molar-refractivity contribution in [1.82, 2.24) is 4.98 Å². The summed E-state index contributed by atoms with van der Waals surface area (Å²) in [6, 6.07) is 0. The first kappa shape index (κ1) is 8.31. The zero-order valence-corrected chi connectivity index (χ0v) is 7.39. The Kier molecular flexibility index (Phi) is 1.84.